The largest absolute Gasteiger partial charge is 0.302 e. The molecular formula is C11H14N2O3S. The maximum atomic E-state index is 11.5. The molecule has 92 valence electrons. The van der Waals surface area contributed by atoms with Crippen LogP contribution in [0.4, 0.5) is 0 Å². The number of rotatable bonds is 2. The lowest BCUT2D eigenvalue weighted by molar-refractivity contribution is 0.0982. The quantitative estimate of drug-likeness (QED) is 0.725. The fourth-order valence-corrected chi connectivity index (χ4v) is 2.28. The van der Waals surface area contributed by atoms with Gasteiger partial charge in [-0.05, 0) is 36.7 Å². The first-order valence-corrected chi connectivity index (χ1v) is 6.50. The predicted octanol–water partition coefficient (Wildman–Crippen LogP) is -0.0693. The number of hydrogen-bond acceptors (Lipinski definition) is 4. The third-order valence-corrected chi connectivity index (χ3v) is 3.25. The topological polar surface area (TPSA) is 66.5 Å². The number of fused-ring (bicyclic) bond motifs is 1. The van der Waals surface area contributed by atoms with Gasteiger partial charge in [-0.15, -0.1) is 0 Å². The van der Waals surface area contributed by atoms with Gasteiger partial charge in [0.15, 0.2) is 0 Å². The van der Waals surface area contributed by atoms with Gasteiger partial charge in [0.1, 0.15) is 0 Å². The van der Waals surface area contributed by atoms with E-state index < -0.39 is 16.8 Å². The summed E-state index contributed by atoms with van der Waals surface area (Å²) >= 11 is 0. The Hall–Kier alpha value is -1.40. The number of benzene rings is 1. The van der Waals surface area contributed by atoms with Crippen LogP contribution in [0.2, 0.25) is 0 Å². The molecule has 0 spiro atoms. The van der Waals surface area contributed by atoms with Crippen molar-refractivity contribution < 1.29 is 13.2 Å². The van der Waals surface area contributed by atoms with E-state index in [0.29, 0.717) is 5.56 Å². The van der Waals surface area contributed by atoms with Crippen LogP contribution in [-0.2, 0) is 23.9 Å². The number of nitrogens with one attached hydrogen (secondary N) is 1. The molecule has 1 aromatic rings. The lowest BCUT2D eigenvalue weighted by atomic mass is 9.97. The van der Waals surface area contributed by atoms with Crippen LogP contribution >= 0.6 is 0 Å². The molecule has 2 rings (SSSR count). The number of likely N-dealkylation sites (N-methyl/N-ethyl adjacent to an activating group) is 1. The molecule has 0 atom stereocenters. The first-order chi connectivity index (χ1) is 8.06. The van der Waals surface area contributed by atoms with Crippen molar-refractivity contribution >= 4 is 16.8 Å². The highest BCUT2D eigenvalue weighted by atomic mass is 32.2. The standard InChI is InChI=1S/C11H14N2O3S/c1-13-5-4-8-6-9(2-3-10(8)7-13)11(14)12-17(15)16/h2-3,6,17H,4-5,7H2,1H3,(H,12,14,15,16). The van der Waals surface area contributed by atoms with E-state index in [-0.39, 0.29) is 0 Å². The maximum absolute atomic E-state index is 11.5. The maximum Gasteiger partial charge on any atom is 0.264 e. The molecule has 0 saturated heterocycles. The molecule has 6 heteroatoms. The third kappa shape index (κ3) is 2.83. The van der Waals surface area contributed by atoms with Crippen molar-refractivity contribution in [1.29, 1.82) is 0 Å². The summed E-state index contributed by atoms with van der Waals surface area (Å²) in [5.74, 6) is -0.567. The number of hydrogen-bond donors (Lipinski definition) is 2. The summed E-state index contributed by atoms with van der Waals surface area (Å²) in [7, 11) is -0.842. The van der Waals surface area contributed by atoms with Crippen LogP contribution in [0.5, 0.6) is 0 Å². The van der Waals surface area contributed by atoms with Gasteiger partial charge in [0.25, 0.3) is 5.91 Å². The molecule has 0 bridgehead atoms. The minimum absolute atomic E-state index is 0.396. The van der Waals surface area contributed by atoms with Crippen molar-refractivity contribution in [1.82, 2.24) is 9.62 Å². The van der Waals surface area contributed by atoms with E-state index in [2.05, 4.69) is 4.90 Å². The Morgan fingerprint density at radius 3 is 2.82 bits per heavy atom. The Kier molecular flexibility index (Phi) is 3.44. The van der Waals surface area contributed by atoms with Crippen molar-refractivity contribution in [2.45, 2.75) is 13.0 Å². The molecule has 5 nitrogen and oxygen atoms in total. The summed E-state index contributed by atoms with van der Waals surface area (Å²) in [5, 5.41) is 0. The van der Waals surface area contributed by atoms with Gasteiger partial charge >= 0.3 is 0 Å². The molecular weight excluding hydrogens is 240 g/mol. The molecule has 1 aliphatic rings. The van der Waals surface area contributed by atoms with Crippen molar-refractivity contribution in [3.05, 3.63) is 34.9 Å². The molecule has 0 aromatic heterocycles. The highest BCUT2D eigenvalue weighted by Gasteiger charge is 2.15. The second-order valence-electron chi connectivity index (χ2n) is 4.17. The SMILES string of the molecule is CN1CCc2cc(C(=O)N[SH](=O)=O)ccc2C1. The van der Waals surface area contributed by atoms with Gasteiger partial charge in [-0.2, -0.15) is 0 Å². The summed E-state index contributed by atoms with van der Waals surface area (Å²) in [6.45, 7) is 1.82. The van der Waals surface area contributed by atoms with Gasteiger partial charge in [-0.25, -0.2) is 8.42 Å². The van der Waals surface area contributed by atoms with Gasteiger partial charge in [0, 0.05) is 18.7 Å². The average molecular weight is 254 g/mol. The zero-order chi connectivity index (χ0) is 12.4. The Morgan fingerprint density at radius 2 is 2.12 bits per heavy atom. The summed E-state index contributed by atoms with van der Waals surface area (Å²) in [6, 6.07) is 5.32. The fraction of sp³-hybridized carbons (Fsp3) is 0.364. The number of thiol groups is 1. The zero-order valence-corrected chi connectivity index (χ0v) is 10.4. The van der Waals surface area contributed by atoms with E-state index in [9.17, 15) is 13.2 Å². The molecule has 0 fully saturated rings. The van der Waals surface area contributed by atoms with Crippen molar-refractivity contribution in [2.75, 3.05) is 13.6 Å². The fourth-order valence-electron chi connectivity index (χ4n) is 1.98. The minimum Gasteiger partial charge on any atom is -0.302 e. The van der Waals surface area contributed by atoms with E-state index in [1.54, 1.807) is 12.1 Å². The number of nitrogens with zero attached hydrogens (tertiary/aromatic N) is 1. The lowest BCUT2D eigenvalue weighted by Gasteiger charge is -2.25. The molecule has 0 unspecified atom stereocenters. The van der Waals surface area contributed by atoms with Crippen LogP contribution in [-0.4, -0.2) is 32.8 Å². The van der Waals surface area contributed by atoms with Crippen LogP contribution in [0.25, 0.3) is 0 Å². The van der Waals surface area contributed by atoms with E-state index in [1.807, 2.05) is 17.8 Å². The third-order valence-electron chi connectivity index (χ3n) is 2.86. The smallest absolute Gasteiger partial charge is 0.264 e. The summed E-state index contributed by atoms with van der Waals surface area (Å²) in [6.07, 6.45) is 0.885. The molecule has 1 N–H and O–H groups in total. The van der Waals surface area contributed by atoms with Gasteiger partial charge in [-0.1, -0.05) is 6.07 Å². The van der Waals surface area contributed by atoms with Gasteiger partial charge in [0.2, 0.25) is 10.9 Å². The van der Waals surface area contributed by atoms with Crippen LogP contribution in [0, 0.1) is 0 Å². The van der Waals surface area contributed by atoms with Crippen molar-refractivity contribution in [3.63, 3.8) is 0 Å². The first kappa shape index (κ1) is 12.1. The molecule has 0 saturated carbocycles. The van der Waals surface area contributed by atoms with E-state index in [1.165, 1.54) is 5.56 Å². The van der Waals surface area contributed by atoms with Crippen LogP contribution in [0.15, 0.2) is 18.2 Å². The Balaban J connectivity index is 2.25. The second-order valence-corrected chi connectivity index (χ2v) is 4.91. The zero-order valence-electron chi connectivity index (χ0n) is 9.47. The van der Waals surface area contributed by atoms with Crippen LogP contribution in [0.1, 0.15) is 21.5 Å². The predicted molar refractivity (Wildman–Crippen MR) is 64.3 cm³/mol. The van der Waals surface area contributed by atoms with Gasteiger partial charge in [-0.3, -0.25) is 9.52 Å². The van der Waals surface area contributed by atoms with E-state index in [0.717, 1.165) is 25.1 Å². The van der Waals surface area contributed by atoms with Crippen molar-refractivity contribution in [2.24, 2.45) is 0 Å². The lowest BCUT2D eigenvalue weighted by Crippen LogP contribution is -2.27. The summed E-state index contributed by atoms with van der Waals surface area (Å²) < 4.78 is 22.7. The second kappa shape index (κ2) is 4.85. The summed E-state index contributed by atoms with van der Waals surface area (Å²) in [4.78, 5) is 13.7. The Labute approximate surface area is 102 Å². The van der Waals surface area contributed by atoms with E-state index >= 15 is 0 Å². The minimum atomic E-state index is -2.89. The number of amides is 1. The molecule has 1 aliphatic heterocycles. The van der Waals surface area contributed by atoms with Gasteiger partial charge in [0.05, 0.1) is 0 Å². The molecule has 1 aromatic carbocycles. The normalized spacial score (nSPS) is 15.6. The highest BCUT2D eigenvalue weighted by Crippen LogP contribution is 2.19. The number of carbonyl (C=O) groups excluding carboxylic acids is 1. The highest BCUT2D eigenvalue weighted by molar-refractivity contribution is 7.71. The van der Waals surface area contributed by atoms with E-state index in [4.69, 9.17) is 0 Å². The van der Waals surface area contributed by atoms with Gasteiger partial charge < -0.3 is 4.90 Å². The average Bonchev–Trinajstić information content (AvgIpc) is 2.27. The Bertz CT molecular complexity index is 517. The molecule has 1 heterocycles. The van der Waals surface area contributed by atoms with Crippen molar-refractivity contribution in [3.8, 4) is 0 Å². The summed E-state index contributed by atoms with van der Waals surface area (Å²) in [5.41, 5.74) is 2.71. The molecule has 0 radical (unpaired) electrons. The van der Waals surface area contributed by atoms with Crippen LogP contribution < -0.4 is 4.72 Å². The van der Waals surface area contributed by atoms with Crippen LogP contribution in [0.3, 0.4) is 0 Å². The Morgan fingerprint density at radius 1 is 1.35 bits per heavy atom. The molecule has 17 heavy (non-hydrogen) atoms. The molecule has 1 amide bonds. The first-order valence-electron chi connectivity index (χ1n) is 5.32. The monoisotopic (exact) mass is 254 g/mol. The number of carbonyl (C=O) groups is 1. The molecule has 0 aliphatic carbocycles.